The molecule has 0 aliphatic heterocycles. The summed E-state index contributed by atoms with van der Waals surface area (Å²) >= 11 is 0. The lowest BCUT2D eigenvalue weighted by atomic mass is 10.1. The molecule has 0 atom stereocenters. The second-order valence-corrected chi connectivity index (χ2v) is 6.62. The van der Waals surface area contributed by atoms with E-state index in [1.54, 1.807) is 0 Å². The van der Waals surface area contributed by atoms with Crippen LogP contribution in [0.15, 0.2) is 24.3 Å². The summed E-state index contributed by atoms with van der Waals surface area (Å²) in [7, 11) is 0. The van der Waals surface area contributed by atoms with Crippen LogP contribution in [-0.4, -0.2) is 31.3 Å². The zero-order chi connectivity index (χ0) is 19.7. The van der Waals surface area contributed by atoms with Crippen LogP contribution >= 0.6 is 0 Å². The van der Waals surface area contributed by atoms with Gasteiger partial charge in [0.2, 0.25) is 0 Å². The van der Waals surface area contributed by atoms with Gasteiger partial charge in [0, 0.05) is 13.1 Å². The molecule has 0 heterocycles. The van der Waals surface area contributed by atoms with E-state index in [9.17, 15) is 22.8 Å². The first-order valence-corrected chi connectivity index (χ1v) is 9.09. The molecular weight excluding hydrogens is 363 g/mol. The summed E-state index contributed by atoms with van der Waals surface area (Å²) in [4.78, 5) is 21.7. The van der Waals surface area contributed by atoms with E-state index >= 15 is 0 Å². The van der Waals surface area contributed by atoms with E-state index in [0.29, 0.717) is 13.2 Å². The largest absolute Gasteiger partial charge is 0.494 e. The van der Waals surface area contributed by atoms with Crippen LogP contribution in [0.3, 0.4) is 0 Å². The quantitative estimate of drug-likeness (QED) is 0.397. The standard InChI is InChI=1S/C19H24F3NO4/c20-19(21,22)18(25)27-17(24)8-10-23-13-15-6-3-7-16(12-15)26-11-9-14-4-1-2-5-14/h3,6-7,12,14,23H,1-2,4-5,8-11,13H2. The molecule has 0 unspecified atom stereocenters. The van der Waals surface area contributed by atoms with Crippen molar-refractivity contribution >= 4 is 11.9 Å². The monoisotopic (exact) mass is 387 g/mol. The van der Waals surface area contributed by atoms with E-state index in [-0.39, 0.29) is 13.0 Å². The zero-order valence-electron chi connectivity index (χ0n) is 15.0. The third kappa shape index (κ3) is 7.99. The Kier molecular flexibility index (Phi) is 8.09. The number of hydrogen-bond donors (Lipinski definition) is 1. The van der Waals surface area contributed by atoms with Gasteiger partial charge in [0.05, 0.1) is 13.0 Å². The highest BCUT2D eigenvalue weighted by atomic mass is 19.4. The molecule has 150 valence electrons. The van der Waals surface area contributed by atoms with Gasteiger partial charge >= 0.3 is 18.1 Å². The SMILES string of the molecule is O=C(CCNCc1cccc(OCCC2CCCC2)c1)OC(=O)C(F)(F)F. The number of carbonyl (C=O) groups is 2. The Morgan fingerprint density at radius 2 is 1.93 bits per heavy atom. The number of nitrogens with one attached hydrogen (secondary N) is 1. The molecule has 1 aromatic carbocycles. The highest BCUT2D eigenvalue weighted by Gasteiger charge is 2.42. The van der Waals surface area contributed by atoms with E-state index < -0.39 is 18.1 Å². The Balaban J connectivity index is 1.64. The minimum atomic E-state index is -5.17. The topological polar surface area (TPSA) is 64.6 Å². The molecule has 1 aliphatic carbocycles. The van der Waals surface area contributed by atoms with Gasteiger partial charge in [-0.05, 0) is 30.0 Å². The number of benzene rings is 1. The van der Waals surface area contributed by atoms with Crippen molar-refractivity contribution in [2.24, 2.45) is 5.92 Å². The minimum Gasteiger partial charge on any atom is -0.494 e. The molecule has 27 heavy (non-hydrogen) atoms. The fourth-order valence-corrected chi connectivity index (χ4v) is 3.02. The molecule has 0 bridgehead atoms. The van der Waals surface area contributed by atoms with Crippen molar-refractivity contribution in [1.82, 2.24) is 5.32 Å². The van der Waals surface area contributed by atoms with E-state index in [1.807, 2.05) is 24.3 Å². The Bertz CT molecular complexity index is 628. The van der Waals surface area contributed by atoms with Crippen LogP contribution in [0.5, 0.6) is 5.75 Å². The van der Waals surface area contributed by atoms with Crippen LogP contribution in [0.4, 0.5) is 13.2 Å². The van der Waals surface area contributed by atoms with Crippen LogP contribution in [0.2, 0.25) is 0 Å². The molecular formula is C19H24F3NO4. The summed E-state index contributed by atoms with van der Waals surface area (Å²) in [6, 6.07) is 7.49. The number of halogens is 3. The summed E-state index contributed by atoms with van der Waals surface area (Å²) in [5.41, 5.74) is 0.924. The highest BCUT2D eigenvalue weighted by molar-refractivity contribution is 5.88. The Morgan fingerprint density at radius 1 is 1.19 bits per heavy atom. The smallest absolute Gasteiger partial charge is 0.491 e. The first kappa shape index (κ1) is 21.2. The molecule has 1 aliphatic rings. The van der Waals surface area contributed by atoms with E-state index in [1.165, 1.54) is 25.7 Å². The molecule has 0 saturated heterocycles. The summed E-state index contributed by atoms with van der Waals surface area (Å²) in [6.45, 7) is 1.19. The average molecular weight is 387 g/mol. The summed E-state index contributed by atoms with van der Waals surface area (Å²) in [6.07, 6.45) is 0.740. The fourth-order valence-electron chi connectivity index (χ4n) is 3.02. The van der Waals surface area contributed by atoms with Gasteiger partial charge in [-0.1, -0.05) is 37.8 Å². The van der Waals surface area contributed by atoms with Gasteiger partial charge < -0.3 is 14.8 Å². The first-order valence-electron chi connectivity index (χ1n) is 9.09. The third-order valence-corrected chi connectivity index (χ3v) is 4.44. The number of alkyl halides is 3. The minimum absolute atomic E-state index is 0.0940. The van der Waals surface area contributed by atoms with Gasteiger partial charge in [0.1, 0.15) is 5.75 Å². The number of rotatable bonds is 9. The van der Waals surface area contributed by atoms with Gasteiger partial charge in [-0.3, -0.25) is 4.79 Å². The molecule has 8 heteroatoms. The number of esters is 2. The Morgan fingerprint density at radius 3 is 2.63 bits per heavy atom. The van der Waals surface area contributed by atoms with E-state index in [4.69, 9.17) is 4.74 Å². The van der Waals surface area contributed by atoms with Gasteiger partial charge in [-0.25, -0.2) is 4.79 Å². The predicted octanol–water partition coefficient (Wildman–Crippen LogP) is 3.76. The normalized spacial score (nSPS) is 14.9. The highest BCUT2D eigenvalue weighted by Crippen LogP contribution is 2.27. The molecule has 1 saturated carbocycles. The lowest BCUT2D eigenvalue weighted by Crippen LogP contribution is -2.29. The number of ether oxygens (including phenoxy) is 2. The summed E-state index contributed by atoms with van der Waals surface area (Å²) in [5, 5.41) is 2.92. The third-order valence-electron chi connectivity index (χ3n) is 4.44. The number of carbonyl (C=O) groups excluding carboxylic acids is 2. The lowest BCUT2D eigenvalue weighted by Gasteiger charge is -2.11. The van der Waals surface area contributed by atoms with Crippen molar-refractivity contribution in [3.8, 4) is 5.75 Å². The second-order valence-electron chi connectivity index (χ2n) is 6.62. The molecule has 0 amide bonds. The van der Waals surface area contributed by atoms with Crippen LogP contribution < -0.4 is 10.1 Å². The molecule has 0 radical (unpaired) electrons. The van der Waals surface area contributed by atoms with Crippen molar-refractivity contribution in [3.05, 3.63) is 29.8 Å². The molecule has 1 N–H and O–H groups in total. The average Bonchev–Trinajstić information content (AvgIpc) is 3.12. The second kappa shape index (κ2) is 10.3. The van der Waals surface area contributed by atoms with Crippen molar-refractivity contribution in [2.75, 3.05) is 13.2 Å². The van der Waals surface area contributed by atoms with Crippen molar-refractivity contribution in [3.63, 3.8) is 0 Å². The van der Waals surface area contributed by atoms with Crippen molar-refractivity contribution in [2.45, 2.75) is 51.2 Å². The van der Waals surface area contributed by atoms with Crippen molar-refractivity contribution in [1.29, 1.82) is 0 Å². The van der Waals surface area contributed by atoms with E-state index in [2.05, 4.69) is 10.1 Å². The predicted molar refractivity (Wildman–Crippen MR) is 92.0 cm³/mol. The van der Waals surface area contributed by atoms with Gasteiger partial charge in [-0.2, -0.15) is 13.2 Å². The number of hydrogen-bond acceptors (Lipinski definition) is 5. The molecule has 0 aromatic heterocycles. The molecule has 1 aromatic rings. The summed E-state index contributed by atoms with van der Waals surface area (Å²) < 4.78 is 45.4. The van der Waals surface area contributed by atoms with Gasteiger partial charge in [0.25, 0.3) is 0 Å². The zero-order valence-corrected chi connectivity index (χ0v) is 15.0. The van der Waals surface area contributed by atoms with Crippen LogP contribution in [0.25, 0.3) is 0 Å². The molecule has 2 rings (SSSR count). The maximum absolute atomic E-state index is 12.0. The van der Waals surface area contributed by atoms with Crippen LogP contribution in [0, 0.1) is 5.92 Å². The molecule has 5 nitrogen and oxygen atoms in total. The molecule has 0 spiro atoms. The Labute approximate surface area is 156 Å². The maximum atomic E-state index is 12.0. The van der Waals surface area contributed by atoms with Gasteiger partial charge in [0.15, 0.2) is 0 Å². The van der Waals surface area contributed by atoms with E-state index in [0.717, 1.165) is 23.7 Å². The van der Waals surface area contributed by atoms with Gasteiger partial charge in [-0.15, -0.1) is 0 Å². The van der Waals surface area contributed by atoms with Crippen LogP contribution in [-0.2, 0) is 20.9 Å². The Hall–Kier alpha value is -2.09. The maximum Gasteiger partial charge on any atom is 0.491 e. The lowest BCUT2D eigenvalue weighted by molar-refractivity contribution is -0.201. The van der Waals surface area contributed by atoms with Crippen LogP contribution in [0.1, 0.15) is 44.1 Å². The molecule has 1 fully saturated rings. The van der Waals surface area contributed by atoms with Crippen molar-refractivity contribution < 1.29 is 32.2 Å². The summed E-state index contributed by atoms with van der Waals surface area (Å²) in [5.74, 6) is -2.18. The first-order chi connectivity index (χ1) is 12.8. The fraction of sp³-hybridized carbons (Fsp3) is 0.579.